The first-order valence-electron chi connectivity index (χ1n) is 7.92. The Balaban J connectivity index is 1.85. The fourth-order valence-corrected chi connectivity index (χ4v) is 3.37. The zero-order valence-corrected chi connectivity index (χ0v) is 13.5. The average molecular weight is 304 g/mol. The number of rotatable bonds is 4. The zero-order valence-electron chi connectivity index (χ0n) is 13.5. The van der Waals surface area contributed by atoms with Gasteiger partial charge in [-0.1, -0.05) is 6.07 Å². The SMILES string of the molecule is COc1ccc(C2CN(C)C(=O)N2C)cc1OC1CCCC1. The van der Waals surface area contributed by atoms with Crippen molar-refractivity contribution in [3.8, 4) is 11.5 Å². The van der Waals surface area contributed by atoms with Crippen molar-refractivity contribution in [1.82, 2.24) is 9.80 Å². The van der Waals surface area contributed by atoms with Crippen LogP contribution < -0.4 is 9.47 Å². The highest BCUT2D eigenvalue weighted by molar-refractivity contribution is 5.77. The number of urea groups is 1. The van der Waals surface area contributed by atoms with Crippen LogP contribution in [0.1, 0.15) is 37.3 Å². The van der Waals surface area contributed by atoms with Crippen LogP contribution in [0.15, 0.2) is 18.2 Å². The van der Waals surface area contributed by atoms with E-state index in [-0.39, 0.29) is 18.2 Å². The lowest BCUT2D eigenvalue weighted by Crippen LogP contribution is -2.26. The number of methoxy groups -OCH3 is 1. The largest absolute Gasteiger partial charge is 0.493 e. The lowest BCUT2D eigenvalue weighted by atomic mass is 10.1. The number of amides is 2. The van der Waals surface area contributed by atoms with Crippen LogP contribution in [0.5, 0.6) is 11.5 Å². The van der Waals surface area contributed by atoms with Gasteiger partial charge >= 0.3 is 6.03 Å². The van der Waals surface area contributed by atoms with Crippen molar-refractivity contribution in [3.63, 3.8) is 0 Å². The van der Waals surface area contributed by atoms with Gasteiger partial charge in [-0.2, -0.15) is 0 Å². The fourth-order valence-electron chi connectivity index (χ4n) is 3.37. The Morgan fingerprint density at radius 1 is 1.14 bits per heavy atom. The number of hydrogen-bond donors (Lipinski definition) is 0. The lowest BCUT2D eigenvalue weighted by Gasteiger charge is -2.21. The Labute approximate surface area is 131 Å². The van der Waals surface area contributed by atoms with Crippen LogP contribution in [-0.2, 0) is 0 Å². The van der Waals surface area contributed by atoms with E-state index in [4.69, 9.17) is 9.47 Å². The summed E-state index contributed by atoms with van der Waals surface area (Å²) in [5.74, 6) is 1.55. The molecule has 0 aromatic heterocycles. The summed E-state index contributed by atoms with van der Waals surface area (Å²) in [6, 6.07) is 6.11. The molecule has 2 fully saturated rings. The van der Waals surface area contributed by atoms with E-state index >= 15 is 0 Å². The highest BCUT2D eigenvalue weighted by atomic mass is 16.5. The van der Waals surface area contributed by atoms with Gasteiger partial charge in [0, 0.05) is 20.6 Å². The third-order valence-electron chi connectivity index (χ3n) is 4.71. The van der Waals surface area contributed by atoms with E-state index in [0.717, 1.165) is 29.9 Å². The first kappa shape index (κ1) is 15.0. The minimum atomic E-state index is 0.0547. The second-order valence-corrected chi connectivity index (χ2v) is 6.22. The molecule has 1 unspecified atom stereocenters. The van der Waals surface area contributed by atoms with Crippen molar-refractivity contribution in [1.29, 1.82) is 0 Å². The summed E-state index contributed by atoms with van der Waals surface area (Å²) in [6.07, 6.45) is 4.97. The summed E-state index contributed by atoms with van der Waals surface area (Å²) in [6.45, 7) is 0.699. The molecule has 1 atom stereocenters. The van der Waals surface area contributed by atoms with Crippen molar-refractivity contribution in [2.75, 3.05) is 27.7 Å². The topological polar surface area (TPSA) is 42.0 Å². The van der Waals surface area contributed by atoms with E-state index in [2.05, 4.69) is 0 Å². The van der Waals surface area contributed by atoms with Gasteiger partial charge in [0.15, 0.2) is 11.5 Å². The van der Waals surface area contributed by atoms with Crippen molar-refractivity contribution < 1.29 is 14.3 Å². The quantitative estimate of drug-likeness (QED) is 0.858. The van der Waals surface area contributed by atoms with Gasteiger partial charge in [-0.05, 0) is 43.4 Å². The van der Waals surface area contributed by atoms with E-state index < -0.39 is 0 Å². The first-order chi connectivity index (χ1) is 10.6. The molecule has 5 nitrogen and oxygen atoms in total. The van der Waals surface area contributed by atoms with Gasteiger partial charge in [0.05, 0.1) is 19.3 Å². The van der Waals surface area contributed by atoms with Crippen molar-refractivity contribution in [2.45, 2.75) is 37.8 Å². The molecule has 0 N–H and O–H groups in total. The summed E-state index contributed by atoms with van der Waals surface area (Å²) in [5, 5.41) is 0. The van der Waals surface area contributed by atoms with Gasteiger partial charge < -0.3 is 19.3 Å². The van der Waals surface area contributed by atoms with E-state index in [1.165, 1.54) is 12.8 Å². The lowest BCUT2D eigenvalue weighted by molar-refractivity contribution is 0.198. The minimum Gasteiger partial charge on any atom is -0.493 e. The molecule has 120 valence electrons. The van der Waals surface area contributed by atoms with Crippen LogP contribution >= 0.6 is 0 Å². The minimum absolute atomic E-state index is 0.0547. The maximum atomic E-state index is 12.0. The third-order valence-corrected chi connectivity index (χ3v) is 4.71. The van der Waals surface area contributed by atoms with Gasteiger partial charge in [-0.3, -0.25) is 0 Å². The molecular weight excluding hydrogens is 280 g/mol. The standard InChI is InChI=1S/C17H24N2O3/c1-18-11-14(19(2)17(18)20)12-8-9-15(21-3)16(10-12)22-13-6-4-5-7-13/h8-10,13-14H,4-7,11H2,1-3H3. The Hall–Kier alpha value is -1.91. The van der Waals surface area contributed by atoms with Crippen LogP contribution in [-0.4, -0.2) is 49.7 Å². The van der Waals surface area contributed by atoms with Gasteiger partial charge in [0.25, 0.3) is 0 Å². The molecule has 1 aliphatic carbocycles. The van der Waals surface area contributed by atoms with Crippen LogP contribution in [0.3, 0.4) is 0 Å². The molecule has 1 saturated heterocycles. The fraction of sp³-hybridized carbons (Fsp3) is 0.588. The van der Waals surface area contributed by atoms with Gasteiger partial charge in [-0.15, -0.1) is 0 Å². The second-order valence-electron chi connectivity index (χ2n) is 6.22. The van der Waals surface area contributed by atoms with Crippen LogP contribution in [0.25, 0.3) is 0 Å². The average Bonchev–Trinajstić information content (AvgIpc) is 3.11. The molecule has 5 heteroatoms. The van der Waals surface area contributed by atoms with Crippen molar-refractivity contribution in [3.05, 3.63) is 23.8 Å². The van der Waals surface area contributed by atoms with E-state index in [1.54, 1.807) is 16.9 Å². The number of hydrogen-bond acceptors (Lipinski definition) is 3. The zero-order chi connectivity index (χ0) is 15.7. The van der Waals surface area contributed by atoms with Crippen LogP contribution in [0.4, 0.5) is 4.79 Å². The number of likely N-dealkylation sites (N-methyl/N-ethyl adjacent to an activating group) is 2. The highest BCUT2D eigenvalue weighted by Gasteiger charge is 2.33. The second kappa shape index (κ2) is 6.07. The highest BCUT2D eigenvalue weighted by Crippen LogP contribution is 2.36. The smallest absolute Gasteiger partial charge is 0.320 e. The normalized spacial score (nSPS) is 22.5. The number of carbonyl (C=O) groups is 1. The maximum absolute atomic E-state index is 12.0. The summed E-state index contributed by atoms with van der Waals surface area (Å²) < 4.78 is 11.6. The van der Waals surface area contributed by atoms with E-state index in [0.29, 0.717) is 6.54 Å². The predicted octanol–water partition coefficient (Wildman–Crippen LogP) is 3.05. The van der Waals surface area contributed by atoms with Gasteiger partial charge in [0.2, 0.25) is 0 Å². The Bertz CT molecular complexity index is 555. The van der Waals surface area contributed by atoms with Crippen LogP contribution in [0, 0.1) is 0 Å². The van der Waals surface area contributed by atoms with E-state index in [1.807, 2.05) is 32.3 Å². The van der Waals surface area contributed by atoms with Crippen molar-refractivity contribution in [2.24, 2.45) is 0 Å². The predicted molar refractivity (Wildman–Crippen MR) is 84.4 cm³/mol. The molecule has 3 rings (SSSR count). The molecule has 2 aliphatic rings. The molecule has 0 radical (unpaired) electrons. The van der Waals surface area contributed by atoms with Crippen molar-refractivity contribution >= 4 is 6.03 Å². The molecule has 1 aromatic rings. The summed E-state index contributed by atoms with van der Waals surface area (Å²) >= 11 is 0. The monoisotopic (exact) mass is 304 g/mol. The number of carbonyl (C=O) groups excluding carboxylic acids is 1. The molecule has 1 heterocycles. The van der Waals surface area contributed by atoms with Crippen LogP contribution in [0.2, 0.25) is 0 Å². The number of ether oxygens (including phenoxy) is 2. The maximum Gasteiger partial charge on any atom is 0.320 e. The Morgan fingerprint density at radius 3 is 2.45 bits per heavy atom. The summed E-state index contributed by atoms with van der Waals surface area (Å²) in [7, 11) is 5.34. The molecule has 1 aromatic carbocycles. The number of nitrogens with zero attached hydrogens (tertiary/aromatic N) is 2. The molecular formula is C17H24N2O3. The van der Waals surface area contributed by atoms with Gasteiger partial charge in [-0.25, -0.2) is 4.79 Å². The molecule has 2 amide bonds. The molecule has 22 heavy (non-hydrogen) atoms. The summed E-state index contributed by atoms with van der Waals surface area (Å²) in [4.78, 5) is 15.5. The summed E-state index contributed by atoms with van der Waals surface area (Å²) in [5.41, 5.74) is 1.09. The number of benzene rings is 1. The molecule has 1 saturated carbocycles. The molecule has 1 aliphatic heterocycles. The molecule has 0 bridgehead atoms. The first-order valence-corrected chi connectivity index (χ1v) is 7.92. The molecule has 0 spiro atoms. The Morgan fingerprint density at radius 2 is 1.86 bits per heavy atom. The third kappa shape index (κ3) is 2.72. The van der Waals surface area contributed by atoms with Gasteiger partial charge in [0.1, 0.15) is 0 Å². The Kier molecular flexibility index (Phi) is 4.14. The van der Waals surface area contributed by atoms with E-state index in [9.17, 15) is 4.79 Å².